The Kier molecular flexibility index (Phi) is 4.38. The number of nitrogens with zero attached hydrogens (tertiary/aromatic N) is 2. The lowest BCUT2D eigenvalue weighted by Gasteiger charge is -2.23. The maximum atomic E-state index is 12.3. The van der Waals surface area contributed by atoms with Crippen LogP contribution in [0.3, 0.4) is 0 Å². The highest BCUT2D eigenvalue weighted by molar-refractivity contribution is 5.78. The molecular formula is C19H22N4O3. The van der Waals surface area contributed by atoms with Gasteiger partial charge < -0.3 is 19.8 Å². The topological polar surface area (TPSA) is 80.7 Å². The first-order valence-electron chi connectivity index (χ1n) is 8.75. The summed E-state index contributed by atoms with van der Waals surface area (Å²) >= 11 is 0. The number of methoxy groups -OCH3 is 2. The fraction of sp³-hybridized carbons (Fsp3) is 0.368. The van der Waals surface area contributed by atoms with E-state index < -0.39 is 0 Å². The predicted molar refractivity (Wildman–Crippen MR) is 99.2 cm³/mol. The summed E-state index contributed by atoms with van der Waals surface area (Å²) in [5, 5.41) is 7.92. The molecule has 2 aromatic heterocycles. The fourth-order valence-electron chi connectivity index (χ4n) is 3.64. The van der Waals surface area contributed by atoms with E-state index in [1.165, 1.54) is 0 Å². The van der Waals surface area contributed by atoms with Crippen LogP contribution >= 0.6 is 0 Å². The van der Waals surface area contributed by atoms with Gasteiger partial charge in [-0.15, -0.1) is 0 Å². The van der Waals surface area contributed by atoms with E-state index in [1.807, 2.05) is 22.7 Å². The highest BCUT2D eigenvalue weighted by atomic mass is 16.5. The third-order valence-corrected chi connectivity index (χ3v) is 4.99. The largest absolute Gasteiger partial charge is 0.493 e. The smallest absolute Gasteiger partial charge is 0.251 e. The first-order chi connectivity index (χ1) is 12.7. The van der Waals surface area contributed by atoms with Gasteiger partial charge in [-0.3, -0.25) is 4.79 Å². The number of H-pyrrole nitrogens is 1. The molecule has 0 unspecified atom stereocenters. The van der Waals surface area contributed by atoms with Gasteiger partial charge in [0, 0.05) is 17.5 Å². The zero-order valence-electron chi connectivity index (χ0n) is 14.9. The molecule has 0 amide bonds. The minimum Gasteiger partial charge on any atom is -0.493 e. The molecule has 0 radical (unpaired) electrons. The SMILES string of the molecule is COc1ccc(-c2cnn3c(C4CCNCC4)cc(=O)[nH]c23)cc1OC. The van der Waals surface area contributed by atoms with E-state index >= 15 is 0 Å². The normalized spacial score (nSPS) is 15.3. The second-order valence-corrected chi connectivity index (χ2v) is 6.47. The Morgan fingerprint density at radius 2 is 1.88 bits per heavy atom. The van der Waals surface area contributed by atoms with E-state index in [4.69, 9.17) is 9.47 Å². The van der Waals surface area contributed by atoms with Crippen LogP contribution < -0.4 is 20.3 Å². The van der Waals surface area contributed by atoms with Crippen molar-refractivity contribution in [3.63, 3.8) is 0 Å². The van der Waals surface area contributed by atoms with E-state index in [-0.39, 0.29) is 5.56 Å². The van der Waals surface area contributed by atoms with Crippen LogP contribution in [-0.2, 0) is 0 Å². The zero-order chi connectivity index (χ0) is 18.1. The summed E-state index contributed by atoms with van der Waals surface area (Å²) in [6.07, 6.45) is 3.80. The first kappa shape index (κ1) is 16.7. The molecule has 136 valence electrons. The number of nitrogens with one attached hydrogen (secondary N) is 2. The van der Waals surface area contributed by atoms with Crippen molar-refractivity contribution in [1.82, 2.24) is 19.9 Å². The number of aromatic nitrogens is 3. The summed E-state index contributed by atoms with van der Waals surface area (Å²) in [5.74, 6) is 1.64. The zero-order valence-corrected chi connectivity index (χ0v) is 14.9. The van der Waals surface area contributed by atoms with Crippen molar-refractivity contribution >= 4 is 5.65 Å². The summed E-state index contributed by atoms with van der Waals surface area (Å²) in [7, 11) is 3.21. The molecule has 3 heterocycles. The maximum absolute atomic E-state index is 12.3. The molecule has 1 aromatic carbocycles. The van der Waals surface area contributed by atoms with Crippen molar-refractivity contribution in [2.45, 2.75) is 18.8 Å². The highest BCUT2D eigenvalue weighted by Gasteiger charge is 2.21. The van der Waals surface area contributed by atoms with Crippen molar-refractivity contribution in [2.24, 2.45) is 0 Å². The molecule has 1 aliphatic rings. The van der Waals surface area contributed by atoms with Gasteiger partial charge in [-0.2, -0.15) is 5.10 Å². The Hall–Kier alpha value is -2.80. The Bertz CT molecular complexity index is 986. The summed E-state index contributed by atoms with van der Waals surface area (Å²) in [6, 6.07) is 7.36. The van der Waals surface area contributed by atoms with Crippen LogP contribution in [0.5, 0.6) is 11.5 Å². The van der Waals surface area contributed by atoms with Gasteiger partial charge in [-0.25, -0.2) is 4.52 Å². The molecule has 0 aliphatic carbocycles. The van der Waals surface area contributed by atoms with Crippen LogP contribution in [0.1, 0.15) is 24.5 Å². The van der Waals surface area contributed by atoms with Crippen LogP contribution in [0.4, 0.5) is 0 Å². The summed E-state index contributed by atoms with van der Waals surface area (Å²) in [5.41, 5.74) is 3.35. The van der Waals surface area contributed by atoms with Crippen LogP contribution in [-0.4, -0.2) is 41.9 Å². The van der Waals surface area contributed by atoms with Crippen molar-refractivity contribution in [3.8, 4) is 22.6 Å². The van der Waals surface area contributed by atoms with Gasteiger partial charge >= 0.3 is 0 Å². The molecule has 0 saturated carbocycles. The second kappa shape index (κ2) is 6.84. The molecule has 1 fully saturated rings. The monoisotopic (exact) mass is 354 g/mol. The quantitative estimate of drug-likeness (QED) is 0.751. The van der Waals surface area contributed by atoms with E-state index in [0.717, 1.165) is 42.8 Å². The number of piperidine rings is 1. The lowest BCUT2D eigenvalue weighted by molar-refractivity contribution is 0.355. The number of rotatable bonds is 4. The molecule has 1 aliphatic heterocycles. The summed E-state index contributed by atoms with van der Waals surface area (Å²) in [4.78, 5) is 15.2. The van der Waals surface area contributed by atoms with Crippen molar-refractivity contribution < 1.29 is 9.47 Å². The minimum atomic E-state index is -0.103. The van der Waals surface area contributed by atoms with Gasteiger partial charge in [0.05, 0.1) is 26.1 Å². The molecule has 2 N–H and O–H groups in total. The Morgan fingerprint density at radius 1 is 1.12 bits per heavy atom. The average molecular weight is 354 g/mol. The molecule has 0 bridgehead atoms. The standard InChI is InChI=1S/C19H22N4O3/c1-25-16-4-3-13(9-17(16)26-2)14-11-21-23-15(10-18(24)22-19(14)23)12-5-7-20-8-6-12/h3-4,9-12,20H,5-8H2,1-2H3,(H,22,24). The van der Waals surface area contributed by atoms with Gasteiger partial charge in [0.2, 0.25) is 0 Å². The van der Waals surface area contributed by atoms with Gasteiger partial charge in [0.1, 0.15) is 5.65 Å². The molecular weight excluding hydrogens is 332 g/mol. The van der Waals surface area contributed by atoms with E-state index in [1.54, 1.807) is 26.5 Å². The Labute approximate surface area is 151 Å². The molecule has 4 rings (SSSR count). The highest BCUT2D eigenvalue weighted by Crippen LogP contribution is 2.34. The van der Waals surface area contributed by atoms with Crippen molar-refractivity contribution in [3.05, 3.63) is 46.5 Å². The van der Waals surface area contributed by atoms with E-state index in [2.05, 4.69) is 15.4 Å². The second-order valence-electron chi connectivity index (χ2n) is 6.47. The Morgan fingerprint density at radius 3 is 2.62 bits per heavy atom. The maximum Gasteiger partial charge on any atom is 0.251 e. The van der Waals surface area contributed by atoms with Crippen LogP contribution in [0.2, 0.25) is 0 Å². The van der Waals surface area contributed by atoms with Gasteiger partial charge in [0.25, 0.3) is 5.56 Å². The van der Waals surface area contributed by atoms with Crippen LogP contribution in [0.15, 0.2) is 35.3 Å². The number of hydrogen-bond acceptors (Lipinski definition) is 5. The van der Waals surface area contributed by atoms with E-state index in [0.29, 0.717) is 23.1 Å². The fourth-order valence-corrected chi connectivity index (χ4v) is 3.64. The average Bonchev–Trinajstić information content (AvgIpc) is 3.11. The third-order valence-electron chi connectivity index (χ3n) is 4.99. The lowest BCUT2D eigenvalue weighted by Crippen LogP contribution is -2.28. The first-order valence-corrected chi connectivity index (χ1v) is 8.75. The molecule has 1 saturated heterocycles. The molecule has 7 heteroatoms. The minimum absolute atomic E-state index is 0.103. The van der Waals surface area contributed by atoms with Crippen LogP contribution in [0.25, 0.3) is 16.8 Å². The Balaban J connectivity index is 1.85. The third kappa shape index (κ3) is 2.84. The lowest BCUT2D eigenvalue weighted by atomic mass is 9.94. The van der Waals surface area contributed by atoms with Crippen LogP contribution in [0, 0.1) is 0 Å². The number of fused-ring (bicyclic) bond motifs is 1. The molecule has 0 atom stereocenters. The van der Waals surface area contributed by atoms with Gasteiger partial charge in [0.15, 0.2) is 11.5 Å². The molecule has 0 spiro atoms. The van der Waals surface area contributed by atoms with Gasteiger partial charge in [-0.1, -0.05) is 6.07 Å². The summed E-state index contributed by atoms with van der Waals surface area (Å²) < 4.78 is 12.6. The molecule has 3 aromatic rings. The molecule has 26 heavy (non-hydrogen) atoms. The van der Waals surface area contributed by atoms with Crippen molar-refractivity contribution in [1.29, 1.82) is 0 Å². The predicted octanol–water partition coefficient (Wildman–Crippen LogP) is 2.17. The van der Waals surface area contributed by atoms with Gasteiger partial charge in [-0.05, 0) is 43.6 Å². The number of aromatic amines is 1. The van der Waals surface area contributed by atoms with Crippen molar-refractivity contribution in [2.75, 3.05) is 27.3 Å². The number of benzene rings is 1. The number of ether oxygens (including phenoxy) is 2. The summed E-state index contributed by atoms with van der Waals surface area (Å²) in [6.45, 7) is 1.92. The van der Waals surface area contributed by atoms with E-state index in [9.17, 15) is 4.79 Å². The molecule has 7 nitrogen and oxygen atoms in total. The number of hydrogen-bond donors (Lipinski definition) is 2.